The lowest BCUT2D eigenvalue weighted by Gasteiger charge is -2.10. The maximum Gasteiger partial charge on any atom is 0.311 e. The molecular formula is C16H13FN4O4. The number of halogens is 1. The van der Waals surface area contributed by atoms with E-state index in [4.69, 9.17) is 15.2 Å². The smallest absolute Gasteiger partial charge is 0.311 e. The molecule has 0 atom stereocenters. The fourth-order valence-electron chi connectivity index (χ4n) is 2.25. The van der Waals surface area contributed by atoms with Gasteiger partial charge in [0.1, 0.15) is 6.33 Å². The van der Waals surface area contributed by atoms with Gasteiger partial charge in [0, 0.05) is 23.9 Å². The molecule has 0 amide bonds. The minimum absolute atomic E-state index is 0.0141. The molecule has 3 aromatic rings. The standard InChI is InChI=1S/C16H13FN4O4/c1-2-24-15-7-12-10(6-13(15)21(22)23)16(20-8-19-12)25-14-4-3-9(18)5-11(14)17/h3-8H,2,18H2,1H3. The van der Waals surface area contributed by atoms with Gasteiger partial charge >= 0.3 is 5.69 Å². The van der Waals surface area contributed by atoms with Crippen LogP contribution in [0.5, 0.6) is 17.4 Å². The summed E-state index contributed by atoms with van der Waals surface area (Å²) < 4.78 is 24.7. The van der Waals surface area contributed by atoms with E-state index in [0.29, 0.717) is 5.52 Å². The normalized spacial score (nSPS) is 10.6. The molecule has 0 radical (unpaired) electrons. The van der Waals surface area contributed by atoms with Crippen molar-refractivity contribution in [1.29, 1.82) is 0 Å². The highest BCUT2D eigenvalue weighted by atomic mass is 19.1. The van der Waals surface area contributed by atoms with E-state index in [1.807, 2.05) is 0 Å². The third kappa shape index (κ3) is 3.25. The molecule has 1 heterocycles. The summed E-state index contributed by atoms with van der Waals surface area (Å²) >= 11 is 0. The van der Waals surface area contributed by atoms with Crippen LogP contribution in [0.2, 0.25) is 0 Å². The number of nitro groups is 1. The van der Waals surface area contributed by atoms with Crippen LogP contribution < -0.4 is 15.2 Å². The summed E-state index contributed by atoms with van der Waals surface area (Å²) in [7, 11) is 0. The summed E-state index contributed by atoms with van der Waals surface area (Å²) in [6.45, 7) is 1.98. The molecule has 0 aliphatic rings. The fourth-order valence-corrected chi connectivity index (χ4v) is 2.25. The van der Waals surface area contributed by atoms with E-state index in [1.54, 1.807) is 6.92 Å². The number of benzene rings is 2. The van der Waals surface area contributed by atoms with E-state index < -0.39 is 10.7 Å². The van der Waals surface area contributed by atoms with E-state index in [-0.39, 0.29) is 40.7 Å². The van der Waals surface area contributed by atoms with Crippen LogP contribution in [-0.4, -0.2) is 21.5 Å². The molecule has 8 nitrogen and oxygen atoms in total. The van der Waals surface area contributed by atoms with Crippen LogP contribution in [0.1, 0.15) is 6.92 Å². The summed E-state index contributed by atoms with van der Waals surface area (Å²) in [5.74, 6) is -0.707. The predicted molar refractivity (Wildman–Crippen MR) is 88.2 cm³/mol. The Morgan fingerprint density at radius 3 is 2.72 bits per heavy atom. The molecule has 0 unspecified atom stereocenters. The predicted octanol–water partition coefficient (Wildman–Crippen LogP) is 3.45. The number of ether oxygens (including phenoxy) is 2. The summed E-state index contributed by atoms with van der Waals surface area (Å²) in [4.78, 5) is 18.7. The molecule has 1 aromatic heterocycles. The van der Waals surface area contributed by atoms with Crippen molar-refractivity contribution >= 4 is 22.3 Å². The molecule has 2 N–H and O–H groups in total. The molecule has 0 aliphatic carbocycles. The molecule has 2 aromatic carbocycles. The minimum Gasteiger partial charge on any atom is -0.487 e. The Balaban J connectivity index is 2.12. The molecule has 0 bridgehead atoms. The van der Waals surface area contributed by atoms with Gasteiger partial charge < -0.3 is 15.2 Å². The zero-order valence-electron chi connectivity index (χ0n) is 13.1. The van der Waals surface area contributed by atoms with Crippen LogP contribution in [0.25, 0.3) is 10.9 Å². The van der Waals surface area contributed by atoms with Crippen molar-refractivity contribution in [1.82, 2.24) is 9.97 Å². The number of nitrogens with zero attached hydrogens (tertiary/aromatic N) is 3. The largest absolute Gasteiger partial charge is 0.487 e. The first-order valence-electron chi connectivity index (χ1n) is 7.28. The number of nitrogens with two attached hydrogens (primary N) is 1. The third-order valence-corrected chi connectivity index (χ3v) is 3.34. The summed E-state index contributed by atoms with van der Waals surface area (Å²) in [6, 6.07) is 6.59. The van der Waals surface area contributed by atoms with Gasteiger partial charge in [0.15, 0.2) is 17.3 Å². The SMILES string of the molecule is CCOc1cc2ncnc(Oc3ccc(N)cc3F)c2cc1[N+](=O)[O-]. The zero-order chi connectivity index (χ0) is 18.0. The molecule has 3 rings (SSSR count). The lowest BCUT2D eigenvalue weighted by molar-refractivity contribution is -0.385. The van der Waals surface area contributed by atoms with Crippen LogP contribution in [0.4, 0.5) is 15.8 Å². The number of anilines is 1. The molecule has 25 heavy (non-hydrogen) atoms. The van der Waals surface area contributed by atoms with Gasteiger partial charge in [-0.1, -0.05) is 0 Å². The van der Waals surface area contributed by atoms with Crippen LogP contribution in [0.15, 0.2) is 36.7 Å². The molecule has 128 valence electrons. The van der Waals surface area contributed by atoms with Crippen LogP contribution >= 0.6 is 0 Å². The zero-order valence-corrected chi connectivity index (χ0v) is 13.1. The van der Waals surface area contributed by atoms with Crippen molar-refractivity contribution < 1.29 is 18.8 Å². The van der Waals surface area contributed by atoms with Gasteiger partial charge in [-0.3, -0.25) is 10.1 Å². The van der Waals surface area contributed by atoms with E-state index in [0.717, 1.165) is 6.07 Å². The third-order valence-electron chi connectivity index (χ3n) is 3.34. The highest BCUT2D eigenvalue weighted by Gasteiger charge is 2.20. The van der Waals surface area contributed by atoms with Crippen molar-refractivity contribution in [3.63, 3.8) is 0 Å². The van der Waals surface area contributed by atoms with E-state index in [2.05, 4.69) is 9.97 Å². The lowest BCUT2D eigenvalue weighted by atomic mass is 10.2. The van der Waals surface area contributed by atoms with Crippen molar-refractivity contribution in [2.45, 2.75) is 6.92 Å². The second-order valence-electron chi connectivity index (χ2n) is 5.00. The second-order valence-corrected chi connectivity index (χ2v) is 5.00. The molecule has 0 fully saturated rings. The van der Waals surface area contributed by atoms with E-state index in [9.17, 15) is 14.5 Å². The van der Waals surface area contributed by atoms with Crippen LogP contribution in [0.3, 0.4) is 0 Å². The first-order chi connectivity index (χ1) is 12.0. The van der Waals surface area contributed by atoms with Gasteiger partial charge in [0.2, 0.25) is 5.88 Å². The highest BCUT2D eigenvalue weighted by Crippen LogP contribution is 2.36. The van der Waals surface area contributed by atoms with Crippen molar-refractivity contribution in [3.05, 3.63) is 52.6 Å². The van der Waals surface area contributed by atoms with E-state index in [1.165, 1.54) is 30.6 Å². The molecule has 0 saturated carbocycles. The summed E-state index contributed by atoms with van der Waals surface area (Å²) in [5.41, 5.74) is 5.86. The molecule has 0 spiro atoms. The Morgan fingerprint density at radius 2 is 2.04 bits per heavy atom. The Hall–Kier alpha value is -3.49. The van der Waals surface area contributed by atoms with Gasteiger partial charge in [0.05, 0.1) is 22.4 Å². The molecule has 0 aliphatic heterocycles. The van der Waals surface area contributed by atoms with E-state index >= 15 is 0 Å². The quantitative estimate of drug-likeness (QED) is 0.428. The Kier molecular flexibility index (Phi) is 4.29. The van der Waals surface area contributed by atoms with Crippen molar-refractivity contribution in [3.8, 4) is 17.4 Å². The first-order valence-corrected chi connectivity index (χ1v) is 7.28. The lowest BCUT2D eigenvalue weighted by Crippen LogP contribution is -2.00. The Morgan fingerprint density at radius 1 is 1.24 bits per heavy atom. The average Bonchev–Trinajstić information content (AvgIpc) is 2.57. The molecule has 0 saturated heterocycles. The number of hydrogen-bond acceptors (Lipinski definition) is 7. The summed E-state index contributed by atoms with van der Waals surface area (Å²) in [6.07, 6.45) is 1.22. The maximum atomic E-state index is 13.9. The van der Waals surface area contributed by atoms with Gasteiger partial charge in [0.25, 0.3) is 0 Å². The van der Waals surface area contributed by atoms with Gasteiger partial charge in [-0.15, -0.1) is 0 Å². The van der Waals surface area contributed by atoms with Crippen molar-refractivity contribution in [2.75, 3.05) is 12.3 Å². The summed E-state index contributed by atoms with van der Waals surface area (Å²) in [5, 5.41) is 11.5. The van der Waals surface area contributed by atoms with Gasteiger partial charge in [-0.2, -0.15) is 0 Å². The van der Waals surface area contributed by atoms with Crippen molar-refractivity contribution in [2.24, 2.45) is 0 Å². The Labute approximate surface area is 141 Å². The number of hydrogen-bond donors (Lipinski definition) is 1. The number of nitro benzene ring substituents is 1. The first kappa shape index (κ1) is 16.4. The second kappa shape index (κ2) is 6.56. The van der Waals surface area contributed by atoms with Gasteiger partial charge in [-0.05, 0) is 19.1 Å². The number of nitrogen functional groups attached to an aromatic ring is 1. The monoisotopic (exact) mass is 344 g/mol. The number of rotatable bonds is 5. The highest BCUT2D eigenvalue weighted by molar-refractivity contribution is 5.88. The maximum absolute atomic E-state index is 13.9. The van der Waals surface area contributed by atoms with Crippen LogP contribution in [-0.2, 0) is 0 Å². The Bertz CT molecular complexity index is 964. The topological polar surface area (TPSA) is 113 Å². The average molecular weight is 344 g/mol. The minimum atomic E-state index is -0.674. The van der Waals surface area contributed by atoms with Crippen LogP contribution in [0, 0.1) is 15.9 Å². The molecular weight excluding hydrogens is 331 g/mol. The number of fused-ring (bicyclic) bond motifs is 1. The number of aromatic nitrogens is 2. The van der Waals surface area contributed by atoms with Gasteiger partial charge in [-0.25, -0.2) is 14.4 Å². The fraction of sp³-hybridized carbons (Fsp3) is 0.125. The molecule has 9 heteroatoms.